The smallest absolute Gasteiger partial charge is 0.407 e. The Morgan fingerprint density at radius 1 is 1.33 bits per heavy atom. The predicted molar refractivity (Wildman–Crippen MR) is 64.6 cm³/mol. The summed E-state index contributed by atoms with van der Waals surface area (Å²) in [6, 6.07) is 4.01. The minimum absolute atomic E-state index is 0.424. The third kappa shape index (κ3) is 1.90. The first-order valence-corrected chi connectivity index (χ1v) is 6.01. The number of aromatic nitrogens is 3. The van der Waals surface area contributed by atoms with Crippen molar-refractivity contribution in [2.45, 2.75) is 18.8 Å². The summed E-state index contributed by atoms with van der Waals surface area (Å²) in [4.78, 5) is 12.3. The average Bonchev–Trinajstić information content (AvgIpc) is 2.86. The maximum atomic E-state index is 10.8. The maximum absolute atomic E-state index is 10.8. The first kappa shape index (κ1) is 11.0. The third-order valence-corrected chi connectivity index (χ3v) is 3.55. The third-order valence-electron chi connectivity index (χ3n) is 3.55. The Morgan fingerprint density at radius 2 is 2.11 bits per heavy atom. The summed E-state index contributed by atoms with van der Waals surface area (Å²) in [6.07, 6.45) is 4.66. The molecule has 0 radical (unpaired) electrons. The van der Waals surface area contributed by atoms with Gasteiger partial charge in [-0.25, -0.2) is 4.79 Å². The van der Waals surface area contributed by atoms with Crippen LogP contribution >= 0.6 is 0 Å². The highest BCUT2D eigenvalue weighted by Crippen LogP contribution is 2.27. The SMILES string of the molecule is O=C(O)N1CCC(c2ccc3nncn3c2)CC1. The molecule has 6 nitrogen and oxygen atoms in total. The molecule has 1 N–H and O–H groups in total. The summed E-state index contributed by atoms with van der Waals surface area (Å²) < 4.78 is 1.90. The molecule has 1 saturated heterocycles. The molecule has 94 valence electrons. The molecule has 1 aliphatic rings. The van der Waals surface area contributed by atoms with E-state index >= 15 is 0 Å². The van der Waals surface area contributed by atoms with E-state index in [1.54, 1.807) is 6.33 Å². The Kier molecular flexibility index (Phi) is 2.62. The Labute approximate surface area is 104 Å². The Morgan fingerprint density at radius 3 is 2.83 bits per heavy atom. The largest absolute Gasteiger partial charge is 0.465 e. The molecule has 1 fully saturated rings. The van der Waals surface area contributed by atoms with E-state index < -0.39 is 6.09 Å². The lowest BCUT2D eigenvalue weighted by molar-refractivity contribution is 0.132. The van der Waals surface area contributed by atoms with Crippen molar-refractivity contribution in [3.05, 3.63) is 30.2 Å². The number of fused-ring (bicyclic) bond motifs is 1. The summed E-state index contributed by atoms with van der Waals surface area (Å²) in [5.74, 6) is 0.424. The van der Waals surface area contributed by atoms with Crippen LogP contribution in [-0.4, -0.2) is 43.8 Å². The van der Waals surface area contributed by atoms with E-state index in [2.05, 4.69) is 16.3 Å². The molecule has 0 unspecified atom stereocenters. The molecule has 0 aromatic carbocycles. The number of carboxylic acid groups (broad SMARTS) is 1. The van der Waals surface area contributed by atoms with Gasteiger partial charge in [0.25, 0.3) is 0 Å². The van der Waals surface area contributed by atoms with Gasteiger partial charge < -0.3 is 10.0 Å². The predicted octanol–water partition coefficient (Wildman–Crippen LogP) is 1.59. The van der Waals surface area contributed by atoms with Crippen LogP contribution in [0.25, 0.3) is 5.65 Å². The summed E-state index contributed by atoms with van der Waals surface area (Å²) in [5, 5.41) is 16.7. The minimum atomic E-state index is -0.817. The fraction of sp³-hybridized carbons (Fsp3) is 0.417. The Bertz CT molecular complexity index is 572. The molecule has 3 rings (SSSR count). The molecule has 18 heavy (non-hydrogen) atoms. The zero-order valence-corrected chi connectivity index (χ0v) is 9.86. The van der Waals surface area contributed by atoms with E-state index in [0.29, 0.717) is 19.0 Å². The number of pyridine rings is 1. The van der Waals surface area contributed by atoms with Crippen LogP contribution in [0.1, 0.15) is 24.3 Å². The Balaban J connectivity index is 1.77. The number of hydrogen-bond acceptors (Lipinski definition) is 3. The van der Waals surface area contributed by atoms with Gasteiger partial charge in [-0.15, -0.1) is 10.2 Å². The van der Waals surface area contributed by atoms with E-state index in [0.717, 1.165) is 18.5 Å². The highest BCUT2D eigenvalue weighted by Gasteiger charge is 2.23. The Hall–Kier alpha value is -2.11. The molecule has 1 amide bonds. The summed E-state index contributed by atoms with van der Waals surface area (Å²) in [5.41, 5.74) is 2.06. The van der Waals surface area contributed by atoms with Gasteiger partial charge in [-0.2, -0.15) is 0 Å². The first-order valence-electron chi connectivity index (χ1n) is 6.01. The molecule has 2 aromatic heterocycles. The van der Waals surface area contributed by atoms with Crippen molar-refractivity contribution in [2.24, 2.45) is 0 Å². The fourth-order valence-corrected chi connectivity index (χ4v) is 2.49. The molecular weight excluding hydrogens is 232 g/mol. The van der Waals surface area contributed by atoms with Gasteiger partial charge in [0.1, 0.15) is 6.33 Å². The van der Waals surface area contributed by atoms with Crippen molar-refractivity contribution >= 4 is 11.7 Å². The second-order valence-corrected chi connectivity index (χ2v) is 4.60. The summed E-state index contributed by atoms with van der Waals surface area (Å²) in [6.45, 7) is 1.22. The molecule has 0 saturated carbocycles. The van der Waals surface area contributed by atoms with Crippen LogP contribution in [0, 0.1) is 0 Å². The van der Waals surface area contributed by atoms with Gasteiger partial charge in [0, 0.05) is 19.3 Å². The average molecular weight is 246 g/mol. The second-order valence-electron chi connectivity index (χ2n) is 4.60. The van der Waals surface area contributed by atoms with Crippen LogP contribution in [0.2, 0.25) is 0 Å². The molecule has 0 bridgehead atoms. The van der Waals surface area contributed by atoms with Gasteiger partial charge in [0.05, 0.1) is 0 Å². The van der Waals surface area contributed by atoms with Crippen molar-refractivity contribution in [3.63, 3.8) is 0 Å². The van der Waals surface area contributed by atoms with Crippen molar-refractivity contribution in [2.75, 3.05) is 13.1 Å². The molecule has 0 atom stereocenters. The summed E-state index contributed by atoms with van der Waals surface area (Å²) >= 11 is 0. The maximum Gasteiger partial charge on any atom is 0.407 e. The van der Waals surface area contributed by atoms with Crippen molar-refractivity contribution in [1.82, 2.24) is 19.5 Å². The summed E-state index contributed by atoms with van der Waals surface area (Å²) in [7, 11) is 0. The van der Waals surface area contributed by atoms with E-state index in [1.165, 1.54) is 10.5 Å². The highest BCUT2D eigenvalue weighted by molar-refractivity contribution is 5.65. The van der Waals surface area contributed by atoms with Crippen LogP contribution in [-0.2, 0) is 0 Å². The standard InChI is InChI=1S/C12H14N4O2/c17-12(18)15-5-3-9(4-6-15)10-1-2-11-14-13-8-16(11)7-10/h1-2,7-9H,3-6H2,(H,17,18). The van der Waals surface area contributed by atoms with Gasteiger partial charge in [-0.3, -0.25) is 4.40 Å². The van der Waals surface area contributed by atoms with Crippen LogP contribution in [0.15, 0.2) is 24.7 Å². The van der Waals surface area contributed by atoms with Crippen molar-refractivity contribution in [1.29, 1.82) is 0 Å². The van der Waals surface area contributed by atoms with Crippen molar-refractivity contribution in [3.8, 4) is 0 Å². The number of hydrogen-bond donors (Lipinski definition) is 1. The topological polar surface area (TPSA) is 70.7 Å². The van der Waals surface area contributed by atoms with E-state index in [4.69, 9.17) is 5.11 Å². The van der Waals surface area contributed by atoms with Crippen molar-refractivity contribution < 1.29 is 9.90 Å². The van der Waals surface area contributed by atoms with Gasteiger partial charge in [-0.05, 0) is 30.4 Å². The number of nitrogens with zero attached hydrogens (tertiary/aromatic N) is 4. The van der Waals surface area contributed by atoms with E-state index in [9.17, 15) is 4.79 Å². The van der Waals surface area contributed by atoms with Gasteiger partial charge in [0.15, 0.2) is 5.65 Å². The number of rotatable bonds is 1. The number of piperidine rings is 1. The number of amides is 1. The molecule has 0 spiro atoms. The second kappa shape index (κ2) is 4.29. The van der Waals surface area contributed by atoms with E-state index in [-0.39, 0.29) is 0 Å². The van der Waals surface area contributed by atoms with Crippen LogP contribution in [0.5, 0.6) is 0 Å². The molecule has 1 aliphatic heterocycles. The lowest BCUT2D eigenvalue weighted by Gasteiger charge is -2.30. The molecular formula is C12H14N4O2. The number of likely N-dealkylation sites (tertiary alicyclic amines) is 1. The monoisotopic (exact) mass is 246 g/mol. The van der Waals surface area contributed by atoms with Crippen LogP contribution in [0.4, 0.5) is 4.79 Å². The molecule has 6 heteroatoms. The van der Waals surface area contributed by atoms with E-state index in [1.807, 2.05) is 16.7 Å². The highest BCUT2D eigenvalue weighted by atomic mass is 16.4. The quantitative estimate of drug-likeness (QED) is 0.829. The van der Waals surface area contributed by atoms with Gasteiger partial charge in [-0.1, -0.05) is 6.07 Å². The minimum Gasteiger partial charge on any atom is -0.465 e. The molecule has 2 aromatic rings. The van der Waals surface area contributed by atoms with Crippen LogP contribution in [0.3, 0.4) is 0 Å². The van der Waals surface area contributed by atoms with Gasteiger partial charge in [0.2, 0.25) is 0 Å². The first-order chi connectivity index (χ1) is 8.74. The molecule has 0 aliphatic carbocycles. The number of carbonyl (C=O) groups is 1. The van der Waals surface area contributed by atoms with Crippen LogP contribution < -0.4 is 0 Å². The van der Waals surface area contributed by atoms with Gasteiger partial charge >= 0.3 is 6.09 Å². The lowest BCUT2D eigenvalue weighted by atomic mass is 9.90. The molecule has 3 heterocycles. The fourth-order valence-electron chi connectivity index (χ4n) is 2.49. The normalized spacial score (nSPS) is 17.2. The lowest BCUT2D eigenvalue weighted by Crippen LogP contribution is -2.36. The zero-order chi connectivity index (χ0) is 12.5. The zero-order valence-electron chi connectivity index (χ0n) is 9.86.